The Morgan fingerprint density at radius 3 is 2.55 bits per heavy atom. The highest BCUT2D eigenvalue weighted by molar-refractivity contribution is 5.81. The van der Waals surface area contributed by atoms with Crippen LogP contribution in [0.3, 0.4) is 0 Å². The minimum Gasteiger partial charge on any atom is -0.340 e. The van der Waals surface area contributed by atoms with Crippen molar-refractivity contribution in [3.05, 3.63) is 39.9 Å². The Morgan fingerprint density at radius 1 is 1.40 bits per heavy atom. The van der Waals surface area contributed by atoms with Crippen LogP contribution in [0.15, 0.2) is 24.3 Å². The van der Waals surface area contributed by atoms with Gasteiger partial charge in [0.05, 0.1) is 17.5 Å². The molecule has 0 spiro atoms. The molecule has 1 atom stereocenters. The van der Waals surface area contributed by atoms with Crippen LogP contribution in [0.1, 0.15) is 25.8 Å². The van der Waals surface area contributed by atoms with Crippen molar-refractivity contribution in [2.45, 2.75) is 32.9 Å². The third-order valence-electron chi connectivity index (χ3n) is 3.01. The summed E-state index contributed by atoms with van der Waals surface area (Å²) < 4.78 is 0. The first-order valence-electron chi connectivity index (χ1n) is 6.55. The fraction of sp³-hybridized carbons (Fsp3) is 0.500. The van der Waals surface area contributed by atoms with Crippen molar-refractivity contribution in [2.24, 2.45) is 11.7 Å². The number of hydrogen-bond donors (Lipinski definition) is 1. The van der Waals surface area contributed by atoms with Gasteiger partial charge in [-0.1, -0.05) is 32.0 Å². The SMILES string of the molecule is CC(C)CC(N)C(=O)N(C)Cc1ccccc1[N+](=O)[O-]. The van der Waals surface area contributed by atoms with E-state index in [1.54, 1.807) is 25.2 Å². The average molecular weight is 279 g/mol. The molecule has 0 aliphatic rings. The lowest BCUT2D eigenvalue weighted by molar-refractivity contribution is -0.385. The van der Waals surface area contributed by atoms with Gasteiger partial charge < -0.3 is 10.6 Å². The summed E-state index contributed by atoms with van der Waals surface area (Å²) in [6.45, 7) is 4.17. The van der Waals surface area contributed by atoms with Gasteiger partial charge in [-0.05, 0) is 12.3 Å². The Morgan fingerprint density at radius 2 is 2.00 bits per heavy atom. The second-order valence-corrected chi connectivity index (χ2v) is 5.32. The van der Waals surface area contributed by atoms with Gasteiger partial charge in [0.2, 0.25) is 5.91 Å². The van der Waals surface area contributed by atoms with Gasteiger partial charge in [-0.2, -0.15) is 0 Å². The Labute approximate surface area is 118 Å². The Balaban J connectivity index is 2.78. The number of likely N-dealkylation sites (N-methyl/N-ethyl adjacent to an activating group) is 1. The third kappa shape index (κ3) is 4.31. The Bertz CT molecular complexity index is 488. The molecule has 1 rings (SSSR count). The smallest absolute Gasteiger partial charge is 0.274 e. The van der Waals surface area contributed by atoms with Crippen molar-refractivity contribution in [3.63, 3.8) is 0 Å². The number of hydrogen-bond acceptors (Lipinski definition) is 4. The number of nitro benzene ring substituents is 1. The number of nitro groups is 1. The Hall–Kier alpha value is -1.95. The number of nitrogens with two attached hydrogens (primary N) is 1. The highest BCUT2D eigenvalue weighted by Gasteiger charge is 2.21. The zero-order valence-electron chi connectivity index (χ0n) is 12.1. The summed E-state index contributed by atoms with van der Waals surface area (Å²) >= 11 is 0. The fourth-order valence-corrected chi connectivity index (χ4v) is 2.05. The number of benzene rings is 1. The molecule has 6 heteroatoms. The van der Waals surface area contributed by atoms with Crippen LogP contribution in [0.4, 0.5) is 5.69 Å². The quantitative estimate of drug-likeness (QED) is 0.636. The molecule has 1 aromatic rings. The third-order valence-corrected chi connectivity index (χ3v) is 3.01. The lowest BCUT2D eigenvalue weighted by Gasteiger charge is -2.22. The molecule has 0 aliphatic heterocycles. The first-order valence-corrected chi connectivity index (χ1v) is 6.55. The molecule has 0 fully saturated rings. The van der Waals surface area contributed by atoms with Crippen molar-refractivity contribution >= 4 is 11.6 Å². The van der Waals surface area contributed by atoms with Crippen LogP contribution in [-0.2, 0) is 11.3 Å². The number of para-hydroxylation sites is 1. The van der Waals surface area contributed by atoms with Crippen molar-refractivity contribution in [1.29, 1.82) is 0 Å². The van der Waals surface area contributed by atoms with E-state index in [0.29, 0.717) is 17.9 Å². The van der Waals surface area contributed by atoms with Gasteiger partial charge in [-0.15, -0.1) is 0 Å². The van der Waals surface area contributed by atoms with E-state index in [9.17, 15) is 14.9 Å². The largest absolute Gasteiger partial charge is 0.340 e. The van der Waals surface area contributed by atoms with Crippen molar-refractivity contribution < 1.29 is 9.72 Å². The minimum absolute atomic E-state index is 0.0181. The summed E-state index contributed by atoms with van der Waals surface area (Å²) in [6.07, 6.45) is 0.597. The molecule has 110 valence electrons. The lowest BCUT2D eigenvalue weighted by atomic mass is 10.0. The molecule has 0 aliphatic carbocycles. The van der Waals surface area contributed by atoms with E-state index in [1.807, 2.05) is 13.8 Å². The van der Waals surface area contributed by atoms with E-state index >= 15 is 0 Å². The maximum absolute atomic E-state index is 12.1. The molecule has 0 heterocycles. The van der Waals surface area contributed by atoms with Gasteiger partial charge in [0.1, 0.15) is 0 Å². The van der Waals surface area contributed by atoms with Crippen LogP contribution in [0, 0.1) is 16.0 Å². The van der Waals surface area contributed by atoms with Crippen LogP contribution in [-0.4, -0.2) is 28.8 Å². The number of carbonyl (C=O) groups excluding carboxylic acids is 1. The molecular weight excluding hydrogens is 258 g/mol. The monoisotopic (exact) mass is 279 g/mol. The van der Waals surface area contributed by atoms with Crippen LogP contribution in [0.2, 0.25) is 0 Å². The van der Waals surface area contributed by atoms with E-state index < -0.39 is 11.0 Å². The van der Waals surface area contributed by atoms with Crippen molar-refractivity contribution in [1.82, 2.24) is 4.90 Å². The topological polar surface area (TPSA) is 89.5 Å². The maximum Gasteiger partial charge on any atom is 0.274 e. The summed E-state index contributed by atoms with van der Waals surface area (Å²) in [5, 5.41) is 10.9. The number of amides is 1. The molecule has 1 aromatic carbocycles. The molecule has 0 saturated carbocycles. The predicted molar refractivity (Wildman–Crippen MR) is 77.0 cm³/mol. The Kier molecular flexibility index (Phi) is 5.64. The van der Waals surface area contributed by atoms with Gasteiger partial charge in [0.25, 0.3) is 5.69 Å². The van der Waals surface area contributed by atoms with E-state index in [2.05, 4.69) is 0 Å². The highest BCUT2D eigenvalue weighted by atomic mass is 16.6. The van der Waals surface area contributed by atoms with E-state index in [1.165, 1.54) is 11.0 Å². The molecule has 0 saturated heterocycles. The predicted octanol–water partition coefficient (Wildman–Crippen LogP) is 1.93. The number of rotatable bonds is 6. The summed E-state index contributed by atoms with van der Waals surface area (Å²) in [6, 6.07) is 5.84. The van der Waals surface area contributed by atoms with Gasteiger partial charge in [0.15, 0.2) is 0 Å². The van der Waals surface area contributed by atoms with E-state index in [0.717, 1.165) is 0 Å². The standard InChI is InChI=1S/C14H21N3O3/c1-10(2)8-12(15)14(18)16(3)9-11-6-4-5-7-13(11)17(19)20/h4-7,10,12H,8-9,15H2,1-3H3. The highest BCUT2D eigenvalue weighted by Crippen LogP contribution is 2.19. The molecular formula is C14H21N3O3. The van der Waals surface area contributed by atoms with E-state index in [-0.39, 0.29) is 18.1 Å². The second-order valence-electron chi connectivity index (χ2n) is 5.32. The fourth-order valence-electron chi connectivity index (χ4n) is 2.05. The molecule has 2 N–H and O–H groups in total. The molecule has 1 unspecified atom stereocenters. The van der Waals surface area contributed by atoms with Gasteiger partial charge in [0, 0.05) is 18.7 Å². The van der Waals surface area contributed by atoms with Crippen molar-refractivity contribution in [3.8, 4) is 0 Å². The molecule has 1 amide bonds. The molecule has 0 aromatic heterocycles. The summed E-state index contributed by atoms with van der Waals surface area (Å²) in [5.41, 5.74) is 6.37. The van der Waals surface area contributed by atoms with Crippen LogP contribution < -0.4 is 5.73 Å². The van der Waals surface area contributed by atoms with Crippen molar-refractivity contribution in [2.75, 3.05) is 7.05 Å². The summed E-state index contributed by atoms with van der Waals surface area (Å²) in [4.78, 5) is 24.0. The maximum atomic E-state index is 12.1. The van der Waals surface area contributed by atoms with Gasteiger partial charge >= 0.3 is 0 Å². The second kappa shape index (κ2) is 7.00. The molecule has 0 radical (unpaired) electrons. The van der Waals surface area contributed by atoms with Crippen LogP contribution >= 0.6 is 0 Å². The molecule has 6 nitrogen and oxygen atoms in total. The number of carbonyl (C=O) groups is 1. The van der Waals surface area contributed by atoms with Crippen LogP contribution in [0.5, 0.6) is 0 Å². The van der Waals surface area contributed by atoms with Crippen LogP contribution in [0.25, 0.3) is 0 Å². The molecule has 0 bridgehead atoms. The zero-order chi connectivity index (χ0) is 15.3. The lowest BCUT2D eigenvalue weighted by Crippen LogP contribution is -2.42. The van der Waals surface area contributed by atoms with Gasteiger partial charge in [-0.3, -0.25) is 14.9 Å². The molecule has 20 heavy (non-hydrogen) atoms. The van der Waals surface area contributed by atoms with E-state index in [4.69, 9.17) is 5.73 Å². The summed E-state index contributed by atoms with van der Waals surface area (Å²) in [5.74, 6) is 0.130. The first kappa shape index (κ1) is 16.1. The summed E-state index contributed by atoms with van der Waals surface area (Å²) in [7, 11) is 1.61. The average Bonchev–Trinajstić information content (AvgIpc) is 2.37. The normalized spacial score (nSPS) is 12.2. The van der Waals surface area contributed by atoms with Gasteiger partial charge in [-0.25, -0.2) is 0 Å². The zero-order valence-corrected chi connectivity index (χ0v) is 12.1. The number of nitrogens with zero attached hydrogens (tertiary/aromatic N) is 2. The minimum atomic E-state index is -0.567. The first-order chi connectivity index (χ1) is 9.32.